The molecule has 2 amide bonds. The van der Waals surface area contributed by atoms with E-state index in [1.165, 1.54) is 0 Å². The third-order valence-electron chi connectivity index (χ3n) is 5.26. The summed E-state index contributed by atoms with van der Waals surface area (Å²) in [5.74, 6) is 0.123. The van der Waals surface area contributed by atoms with Gasteiger partial charge < -0.3 is 15.4 Å². The van der Waals surface area contributed by atoms with Gasteiger partial charge >= 0.3 is 0 Å². The summed E-state index contributed by atoms with van der Waals surface area (Å²) in [6.07, 6.45) is 0. The monoisotopic (exact) mass is 485 g/mol. The molecule has 33 heavy (non-hydrogen) atoms. The normalized spacial score (nSPS) is 11.7. The number of halogens is 2. The first kappa shape index (κ1) is 24.6. The fourth-order valence-corrected chi connectivity index (χ4v) is 3.55. The van der Waals surface area contributed by atoms with Crippen LogP contribution in [0.3, 0.4) is 0 Å². The lowest BCUT2D eigenvalue weighted by Crippen LogP contribution is -2.39. The Labute approximate surface area is 203 Å². The maximum absolute atomic E-state index is 12.7. The highest BCUT2D eigenvalue weighted by atomic mass is 35.5. The Kier molecular flexibility index (Phi) is 8.33. The van der Waals surface area contributed by atoms with E-state index in [4.69, 9.17) is 27.9 Å². The number of para-hydroxylation sites is 2. The van der Waals surface area contributed by atoms with Crippen LogP contribution in [0.2, 0.25) is 10.0 Å². The number of benzene rings is 3. The van der Waals surface area contributed by atoms with Gasteiger partial charge in [-0.3, -0.25) is 14.5 Å². The molecule has 0 saturated carbocycles. The highest BCUT2D eigenvalue weighted by molar-refractivity contribution is 6.42. The second-order valence-electron chi connectivity index (χ2n) is 7.53. The van der Waals surface area contributed by atoms with Crippen molar-refractivity contribution >= 4 is 46.4 Å². The smallest absolute Gasteiger partial charge is 0.255 e. The van der Waals surface area contributed by atoms with Crippen molar-refractivity contribution in [3.8, 4) is 5.75 Å². The van der Waals surface area contributed by atoms with Gasteiger partial charge in [-0.2, -0.15) is 0 Å². The van der Waals surface area contributed by atoms with Crippen LogP contribution in [0.4, 0.5) is 11.4 Å². The Bertz CT molecular complexity index is 1140. The fraction of sp³-hybridized carbons (Fsp3) is 0.200. The summed E-state index contributed by atoms with van der Waals surface area (Å²) >= 11 is 12.3. The highest BCUT2D eigenvalue weighted by Gasteiger charge is 2.20. The number of rotatable bonds is 8. The topological polar surface area (TPSA) is 70.7 Å². The van der Waals surface area contributed by atoms with Gasteiger partial charge in [0.15, 0.2) is 0 Å². The van der Waals surface area contributed by atoms with Gasteiger partial charge in [-0.05, 0) is 62.0 Å². The predicted molar refractivity (Wildman–Crippen MR) is 133 cm³/mol. The average Bonchev–Trinajstić information content (AvgIpc) is 2.82. The van der Waals surface area contributed by atoms with E-state index >= 15 is 0 Å². The molecule has 1 atom stereocenters. The van der Waals surface area contributed by atoms with Gasteiger partial charge in [-0.15, -0.1) is 0 Å². The molecular weight excluding hydrogens is 461 g/mol. The van der Waals surface area contributed by atoms with E-state index in [0.717, 1.165) is 5.56 Å². The second kappa shape index (κ2) is 11.2. The maximum atomic E-state index is 12.7. The molecule has 8 heteroatoms. The van der Waals surface area contributed by atoms with E-state index < -0.39 is 6.04 Å². The van der Waals surface area contributed by atoms with Crippen molar-refractivity contribution in [3.63, 3.8) is 0 Å². The SMILES string of the molecule is COc1ccccc1NC(=O)c1ccc(NC(=O)[C@H](C)N(C)Cc2cccc(Cl)c2Cl)cc1. The quantitative estimate of drug-likeness (QED) is 0.428. The standard InChI is InChI=1S/C25H25Cl2N3O3/c1-16(30(2)15-18-7-6-8-20(26)23(18)27)24(31)28-19-13-11-17(12-14-19)25(32)29-21-9-4-5-10-22(21)33-3/h4-14,16H,15H2,1-3H3,(H,28,31)(H,29,32)/t16-/m0/s1. The molecule has 0 aliphatic rings. The number of ether oxygens (including phenoxy) is 1. The molecule has 2 N–H and O–H groups in total. The molecule has 0 aliphatic heterocycles. The molecule has 3 rings (SSSR count). The van der Waals surface area contributed by atoms with E-state index in [2.05, 4.69) is 10.6 Å². The summed E-state index contributed by atoms with van der Waals surface area (Å²) in [5.41, 5.74) is 2.48. The lowest BCUT2D eigenvalue weighted by atomic mass is 10.1. The highest BCUT2D eigenvalue weighted by Crippen LogP contribution is 2.27. The molecule has 172 valence electrons. The number of anilines is 2. The van der Waals surface area contributed by atoms with Crippen molar-refractivity contribution in [3.05, 3.63) is 87.9 Å². The molecule has 3 aromatic rings. The summed E-state index contributed by atoms with van der Waals surface area (Å²) in [4.78, 5) is 27.2. The van der Waals surface area contributed by atoms with E-state index in [9.17, 15) is 9.59 Å². The first-order valence-corrected chi connectivity index (χ1v) is 11.0. The fourth-order valence-electron chi connectivity index (χ4n) is 3.17. The molecule has 0 aliphatic carbocycles. The van der Waals surface area contributed by atoms with Crippen LogP contribution in [-0.2, 0) is 11.3 Å². The molecule has 0 radical (unpaired) electrons. The van der Waals surface area contributed by atoms with Crippen LogP contribution in [0, 0.1) is 0 Å². The molecule has 6 nitrogen and oxygen atoms in total. The first-order valence-electron chi connectivity index (χ1n) is 10.3. The molecular formula is C25H25Cl2N3O3. The van der Waals surface area contributed by atoms with Crippen LogP contribution in [0.25, 0.3) is 0 Å². The van der Waals surface area contributed by atoms with Gasteiger partial charge in [0.05, 0.1) is 28.9 Å². The minimum Gasteiger partial charge on any atom is -0.495 e. The molecule has 0 fully saturated rings. The Morgan fingerprint density at radius 3 is 2.36 bits per heavy atom. The molecule has 3 aromatic carbocycles. The van der Waals surface area contributed by atoms with Crippen molar-refractivity contribution in [2.24, 2.45) is 0 Å². The summed E-state index contributed by atoms with van der Waals surface area (Å²) in [6.45, 7) is 2.28. The van der Waals surface area contributed by atoms with E-state index in [1.54, 1.807) is 49.6 Å². The number of carbonyl (C=O) groups excluding carboxylic acids is 2. The number of amides is 2. The van der Waals surface area contributed by atoms with Crippen molar-refractivity contribution in [1.82, 2.24) is 4.90 Å². The van der Waals surface area contributed by atoms with Gasteiger partial charge in [0.1, 0.15) is 5.75 Å². The van der Waals surface area contributed by atoms with Crippen LogP contribution >= 0.6 is 23.2 Å². The van der Waals surface area contributed by atoms with E-state index in [0.29, 0.717) is 39.3 Å². The molecule has 0 bridgehead atoms. The van der Waals surface area contributed by atoms with Crippen LogP contribution < -0.4 is 15.4 Å². The van der Waals surface area contributed by atoms with Crippen LogP contribution in [0.15, 0.2) is 66.7 Å². The summed E-state index contributed by atoms with van der Waals surface area (Å²) in [5, 5.41) is 6.67. The van der Waals surface area contributed by atoms with Gasteiger partial charge in [0, 0.05) is 17.8 Å². The Balaban J connectivity index is 1.60. The summed E-state index contributed by atoms with van der Waals surface area (Å²) in [7, 11) is 3.39. The first-order chi connectivity index (χ1) is 15.8. The zero-order valence-electron chi connectivity index (χ0n) is 18.6. The van der Waals surface area contributed by atoms with Crippen LogP contribution in [0.5, 0.6) is 5.75 Å². The van der Waals surface area contributed by atoms with Crippen molar-refractivity contribution in [2.75, 3.05) is 24.8 Å². The predicted octanol–water partition coefficient (Wildman–Crippen LogP) is 5.71. The Morgan fingerprint density at radius 1 is 0.970 bits per heavy atom. The molecule has 0 unspecified atom stereocenters. The number of likely N-dealkylation sites (N-methyl/N-ethyl adjacent to an activating group) is 1. The van der Waals surface area contributed by atoms with Crippen molar-refractivity contribution < 1.29 is 14.3 Å². The number of hydrogen-bond donors (Lipinski definition) is 2. The summed E-state index contributed by atoms with van der Waals surface area (Å²) in [6, 6.07) is 18.9. The number of nitrogens with zero attached hydrogens (tertiary/aromatic N) is 1. The number of hydrogen-bond acceptors (Lipinski definition) is 4. The number of methoxy groups -OCH3 is 1. The second-order valence-corrected chi connectivity index (χ2v) is 8.31. The Morgan fingerprint density at radius 2 is 1.67 bits per heavy atom. The Hall–Kier alpha value is -3.06. The maximum Gasteiger partial charge on any atom is 0.255 e. The number of nitrogens with one attached hydrogen (secondary N) is 2. The zero-order valence-corrected chi connectivity index (χ0v) is 20.1. The van der Waals surface area contributed by atoms with Gasteiger partial charge in [-0.1, -0.05) is 47.5 Å². The lowest BCUT2D eigenvalue weighted by molar-refractivity contribution is -0.120. The largest absolute Gasteiger partial charge is 0.495 e. The van der Waals surface area contributed by atoms with E-state index in [-0.39, 0.29) is 11.8 Å². The molecule has 0 spiro atoms. The lowest BCUT2D eigenvalue weighted by Gasteiger charge is -2.24. The van der Waals surface area contributed by atoms with Crippen molar-refractivity contribution in [1.29, 1.82) is 0 Å². The third-order valence-corrected chi connectivity index (χ3v) is 6.12. The average molecular weight is 486 g/mol. The molecule has 0 aromatic heterocycles. The molecule has 0 heterocycles. The third kappa shape index (κ3) is 6.26. The molecule has 0 saturated heterocycles. The van der Waals surface area contributed by atoms with Gasteiger partial charge in [0.25, 0.3) is 5.91 Å². The van der Waals surface area contributed by atoms with Crippen molar-refractivity contribution in [2.45, 2.75) is 19.5 Å². The van der Waals surface area contributed by atoms with Gasteiger partial charge in [-0.25, -0.2) is 0 Å². The van der Waals surface area contributed by atoms with Crippen LogP contribution in [0.1, 0.15) is 22.8 Å². The number of carbonyl (C=O) groups is 2. The minimum atomic E-state index is -0.423. The van der Waals surface area contributed by atoms with E-state index in [1.807, 2.05) is 43.1 Å². The van der Waals surface area contributed by atoms with Crippen LogP contribution in [-0.4, -0.2) is 36.9 Å². The zero-order chi connectivity index (χ0) is 24.0. The summed E-state index contributed by atoms with van der Waals surface area (Å²) < 4.78 is 5.26. The van der Waals surface area contributed by atoms with Gasteiger partial charge in [0.2, 0.25) is 5.91 Å². The minimum absolute atomic E-state index is 0.179.